The largest absolute Gasteiger partial charge is 0.387 e. The number of piperazine rings is 1. The van der Waals surface area contributed by atoms with Gasteiger partial charge in [0.15, 0.2) is 0 Å². The predicted octanol–water partition coefficient (Wildman–Crippen LogP) is 1.26. The van der Waals surface area contributed by atoms with E-state index in [-0.39, 0.29) is 17.2 Å². The molecule has 0 saturated carbocycles. The van der Waals surface area contributed by atoms with Crippen molar-refractivity contribution < 1.29 is 14.7 Å². The first-order valence-corrected chi connectivity index (χ1v) is 7.62. The smallest absolute Gasteiger partial charge is 0.254 e. The van der Waals surface area contributed by atoms with Gasteiger partial charge in [-0.15, -0.1) is 0 Å². The average molecular weight is 304 g/mol. The highest BCUT2D eigenvalue weighted by Gasteiger charge is 2.27. The molecule has 2 rings (SSSR count). The molecule has 22 heavy (non-hydrogen) atoms. The van der Waals surface area contributed by atoms with Crippen LogP contribution in [0.3, 0.4) is 0 Å². The summed E-state index contributed by atoms with van der Waals surface area (Å²) in [6, 6.07) is 7.70. The molecule has 2 amide bonds. The van der Waals surface area contributed by atoms with E-state index < -0.39 is 6.61 Å². The monoisotopic (exact) mass is 304 g/mol. The van der Waals surface area contributed by atoms with Gasteiger partial charge in [-0.2, -0.15) is 0 Å². The minimum absolute atomic E-state index is 0.0154. The lowest BCUT2D eigenvalue weighted by Crippen LogP contribution is -2.51. The molecule has 1 aromatic rings. The molecule has 1 aliphatic rings. The molecule has 0 aromatic heterocycles. The fourth-order valence-corrected chi connectivity index (χ4v) is 2.75. The van der Waals surface area contributed by atoms with Crippen molar-refractivity contribution >= 4 is 11.8 Å². The van der Waals surface area contributed by atoms with Crippen molar-refractivity contribution in [1.82, 2.24) is 9.80 Å². The van der Waals surface area contributed by atoms with E-state index in [1.807, 2.05) is 24.3 Å². The first kappa shape index (κ1) is 16.5. The molecule has 120 valence electrons. The van der Waals surface area contributed by atoms with Gasteiger partial charge in [-0.1, -0.05) is 39.0 Å². The lowest BCUT2D eigenvalue weighted by Gasteiger charge is -2.35. The van der Waals surface area contributed by atoms with Crippen molar-refractivity contribution in [2.24, 2.45) is 0 Å². The van der Waals surface area contributed by atoms with Crippen LogP contribution in [0.1, 0.15) is 36.7 Å². The van der Waals surface area contributed by atoms with E-state index in [9.17, 15) is 9.59 Å². The van der Waals surface area contributed by atoms with Gasteiger partial charge in [0.2, 0.25) is 5.91 Å². The molecule has 0 bridgehead atoms. The number of amides is 2. The number of carbonyl (C=O) groups excluding carboxylic acids is 2. The van der Waals surface area contributed by atoms with Gasteiger partial charge in [-0.25, -0.2) is 0 Å². The lowest BCUT2D eigenvalue weighted by atomic mass is 9.83. The molecular formula is C17H24N2O3. The van der Waals surface area contributed by atoms with Gasteiger partial charge in [0, 0.05) is 31.7 Å². The van der Waals surface area contributed by atoms with E-state index >= 15 is 0 Å². The number of carbonyl (C=O) groups is 2. The predicted molar refractivity (Wildman–Crippen MR) is 84.7 cm³/mol. The molecule has 0 atom stereocenters. The lowest BCUT2D eigenvalue weighted by molar-refractivity contribution is -0.135. The zero-order valence-electron chi connectivity index (χ0n) is 13.5. The summed E-state index contributed by atoms with van der Waals surface area (Å²) >= 11 is 0. The maximum absolute atomic E-state index is 12.8. The highest BCUT2D eigenvalue weighted by molar-refractivity contribution is 5.96. The maximum Gasteiger partial charge on any atom is 0.254 e. The van der Waals surface area contributed by atoms with E-state index in [4.69, 9.17) is 5.11 Å². The summed E-state index contributed by atoms with van der Waals surface area (Å²) in [4.78, 5) is 27.6. The van der Waals surface area contributed by atoms with Crippen LogP contribution in [-0.2, 0) is 10.2 Å². The van der Waals surface area contributed by atoms with Gasteiger partial charge in [0.1, 0.15) is 6.61 Å². The minimum Gasteiger partial charge on any atom is -0.387 e. The Kier molecular flexibility index (Phi) is 4.86. The number of aliphatic hydroxyl groups is 1. The Morgan fingerprint density at radius 1 is 1.05 bits per heavy atom. The molecule has 0 radical (unpaired) electrons. The molecule has 1 aliphatic heterocycles. The summed E-state index contributed by atoms with van der Waals surface area (Å²) in [5, 5.41) is 8.89. The van der Waals surface area contributed by atoms with E-state index in [1.54, 1.807) is 9.80 Å². The van der Waals surface area contributed by atoms with Crippen LogP contribution in [0, 0.1) is 0 Å². The van der Waals surface area contributed by atoms with Crippen LogP contribution in [0.15, 0.2) is 24.3 Å². The number of benzene rings is 1. The van der Waals surface area contributed by atoms with E-state index in [2.05, 4.69) is 20.8 Å². The van der Waals surface area contributed by atoms with Crippen LogP contribution in [0.25, 0.3) is 0 Å². The van der Waals surface area contributed by atoms with Crippen LogP contribution in [0.5, 0.6) is 0 Å². The molecule has 1 saturated heterocycles. The molecule has 5 nitrogen and oxygen atoms in total. The molecule has 5 heteroatoms. The van der Waals surface area contributed by atoms with E-state index in [0.29, 0.717) is 26.2 Å². The van der Waals surface area contributed by atoms with Crippen LogP contribution < -0.4 is 0 Å². The molecule has 0 unspecified atom stereocenters. The third-order valence-electron chi connectivity index (χ3n) is 4.02. The fraction of sp³-hybridized carbons (Fsp3) is 0.529. The Bertz CT molecular complexity index is 555. The fourth-order valence-electron chi connectivity index (χ4n) is 2.75. The number of hydrogen-bond donors (Lipinski definition) is 1. The number of rotatable bonds is 2. The summed E-state index contributed by atoms with van der Waals surface area (Å²) in [5.74, 6) is -0.260. The Morgan fingerprint density at radius 2 is 1.59 bits per heavy atom. The van der Waals surface area contributed by atoms with Gasteiger partial charge in [-0.05, 0) is 17.0 Å². The molecule has 0 spiro atoms. The van der Waals surface area contributed by atoms with Crippen molar-refractivity contribution in [1.29, 1.82) is 0 Å². The van der Waals surface area contributed by atoms with Crippen molar-refractivity contribution in [3.63, 3.8) is 0 Å². The van der Waals surface area contributed by atoms with Crippen molar-refractivity contribution in [3.05, 3.63) is 35.4 Å². The van der Waals surface area contributed by atoms with Crippen molar-refractivity contribution in [2.75, 3.05) is 32.8 Å². The van der Waals surface area contributed by atoms with Gasteiger partial charge in [-0.3, -0.25) is 9.59 Å². The van der Waals surface area contributed by atoms with E-state index in [0.717, 1.165) is 11.1 Å². The highest BCUT2D eigenvalue weighted by Crippen LogP contribution is 2.26. The van der Waals surface area contributed by atoms with Gasteiger partial charge < -0.3 is 14.9 Å². The highest BCUT2D eigenvalue weighted by atomic mass is 16.3. The van der Waals surface area contributed by atoms with E-state index in [1.165, 1.54) is 0 Å². The van der Waals surface area contributed by atoms with Crippen molar-refractivity contribution in [2.45, 2.75) is 26.2 Å². The second-order valence-electron chi connectivity index (χ2n) is 6.63. The quantitative estimate of drug-likeness (QED) is 0.895. The Hall–Kier alpha value is -1.88. The van der Waals surface area contributed by atoms with Gasteiger partial charge in [0.05, 0.1) is 0 Å². The zero-order chi connectivity index (χ0) is 16.3. The maximum atomic E-state index is 12.8. The summed E-state index contributed by atoms with van der Waals surface area (Å²) in [5.41, 5.74) is 1.67. The second kappa shape index (κ2) is 6.48. The molecule has 1 N–H and O–H groups in total. The zero-order valence-corrected chi connectivity index (χ0v) is 13.5. The Morgan fingerprint density at radius 3 is 2.14 bits per heavy atom. The third-order valence-corrected chi connectivity index (χ3v) is 4.02. The summed E-state index contributed by atoms with van der Waals surface area (Å²) in [6.45, 7) is 7.77. The topological polar surface area (TPSA) is 60.9 Å². The van der Waals surface area contributed by atoms with Crippen LogP contribution >= 0.6 is 0 Å². The Balaban J connectivity index is 2.13. The first-order chi connectivity index (χ1) is 10.3. The van der Waals surface area contributed by atoms with Crippen molar-refractivity contribution in [3.8, 4) is 0 Å². The molecule has 0 aliphatic carbocycles. The standard InChI is InChI=1S/C17H24N2O3/c1-17(2,3)14-7-5-4-6-13(14)16(22)19-10-8-18(9-11-19)15(21)12-20/h4-7,20H,8-12H2,1-3H3. The van der Waals surface area contributed by atoms with Gasteiger partial charge >= 0.3 is 0 Å². The summed E-state index contributed by atoms with van der Waals surface area (Å²) in [7, 11) is 0. The van der Waals surface area contributed by atoms with Gasteiger partial charge in [0.25, 0.3) is 5.91 Å². The normalized spacial score (nSPS) is 15.8. The molecule has 1 heterocycles. The van der Waals surface area contributed by atoms with Crippen LogP contribution in [0.2, 0.25) is 0 Å². The molecular weight excluding hydrogens is 280 g/mol. The van der Waals surface area contributed by atoms with Crippen LogP contribution in [-0.4, -0.2) is 59.5 Å². The number of hydrogen-bond acceptors (Lipinski definition) is 3. The number of aliphatic hydroxyl groups excluding tert-OH is 1. The Labute approximate surface area is 131 Å². The minimum atomic E-state index is -0.471. The third kappa shape index (κ3) is 3.47. The average Bonchev–Trinajstić information content (AvgIpc) is 2.52. The second-order valence-corrected chi connectivity index (χ2v) is 6.63. The SMILES string of the molecule is CC(C)(C)c1ccccc1C(=O)N1CCN(C(=O)CO)CC1. The summed E-state index contributed by atoms with van der Waals surface area (Å²) in [6.07, 6.45) is 0. The van der Waals surface area contributed by atoms with Crippen LogP contribution in [0.4, 0.5) is 0 Å². The number of nitrogens with zero attached hydrogens (tertiary/aromatic N) is 2. The summed E-state index contributed by atoms with van der Waals surface area (Å²) < 4.78 is 0. The first-order valence-electron chi connectivity index (χ1n) is 7.62. The molecule has 1 fully saturated rings. The molecule has 1 aromatic carbocycles.